The zero-order valence-electron chi connectivity index (χ0n) is 12.1. The molecular formula is C15H17N3O3. The number of nitrogens with two attached hydrogens (primary N) is 1. The van der Waals surface area contributed by atoms with Gasteiger partial charge in [-0.1, -0.05) is 45.0 Å². The Morgan fingerprint density at radius 1 is 1.38 bits per heavy atom. The Morgan fingerprint density at radius 2 is 2.00 bits per heavy atom. The van der Waals surface area contributed by atoms with Crippen LogP contribution in [0.15, 0.2) is 29.4 Å². The maximum absolute atomic E-state index is 12.7. The van der Waals surface area contributed by atoms with Gasteiger partial charge in [-0.3, -0.25) is 4.79 Å². The van der Waals surface area contributed by atoms with Crippen molar-refractivity contribution in [3.8, 4) is 0 Å². The lowest BCUT2D eigenvalue weighted by atomic mass is 9.78. The normalized spacial score (nSPS) is 27.4. The molecule has 1 aliphatic heterocycles. The zero-order chi connectivity index (χ0) is 15.6. The molecule has 0 aromatic heterocycles. The van der Waals surface area contributed by atoms with E-state index in [4.69, 9.17) is 5.73 Å². The van der Waals surface area contributed by atoms with Crippen molar-refractivity contribution in [1.29, 1.82) is 0 Å². The van der Waals surface area contributed by atoms with Crippen LogP contribution in [0.2, 0.25) is 0 Å². The van der Waals surface area contributed by atoms with Gasteiger partial charge in [0.05, 0.1) is 5.71 Å². The van der Waals surface area contributed by atoms with E-state index in [1.807, 2.05) is 20.8 Å². The summed E-state index contributed by atoms with van der Waals surface area (Å²) in [7, 11) is 0. The first-order valence-corrected chi connectivity index (χ1v) is 6.73. The van der Waals surface area contributed by atoms with Gasteiger partial charge in [0.1, 0.15) is 5.92 Å². The molecule has 3 rings (SSSR count). The highest BCUT2D eigenvalue weighted by Crippen LogP contribution is 2.50. The van der Waals surface area contributed by atoms with E-state index in [9.17, 15) is 14.7 Å². The fourth-order valence-electron chi connectivity index (χ4n) is 3.11. The van der Waals surface area contributed by atoms with Gasteiger partial charge in [0.15, 0.2) is 5.78 Å². The van der Waals surface area contributed by atoms with Crippen LogP contribution >= 0.6 is 0 Å². The summed E-state index contributed by atoms with van der Waals surface area (Å²) in [4.78, 5) is 24.4. The third-order valence-electron chi connectivity index (χ3n) is 4.03. The van der Waals surface area contributed by atoms with Crippen LogP contribution in [0, 0.1) is 11.3 Å². The highest BCUT2D eigenvalue weighted by Gasteiger charge is 2.63. The van der Waals surface area contributed by atoms with Crippen LogP contribution in [-0.4, -0.2) is 27.6 Å². The minimum absolute atomic E-state index is 0.231. The van der Waals surface area contributed by atoms with Gasteiger partial charge in [-0.05, 0) is 0 Å². The fraction of sp³-hybridized carbons (Fsp3) is 0.400. The average molecular weight is 287 g/mol. The first-order valence-electron chi connectivity index (χ1n) is 6.73. The summed E-state index contributed by atoms with van der Waals surface area (Å²) in [5, 5.41) is 16.1. The van der Waals surface area contributed by atoms with E-state index in [0.29, 0.717) is 16.8 Å². The van der Waals surface area contributed by atoms with Crippen molar-refractivity contribution >= 4 is 17.5 Å². The lowest BCUT2D eigenvalue weighted by Gasteiger charge is -2.31. The maximum atomic E-state index is 12.7. The summed E-state index contributed by atoms with van der Waals surface area (Å²) in [5.74, 6) is -1.13. The number of rotatable bonds is 0. The van der Waals surface area contributed by atoms with E-state index in [0.717, 1.165) is 5.01 Å². The third-order valence-corrected chi connectivity index (χ3v) is 4.03. The predicted molar refractivity (Wildman–Crippen MR) is 76.5 cm³/mol. The number of hydrazone groups is 1. The van der Waals surface area contributed by atoms with Crippen molar-refractivity contribution in [2.24, 2.45) is 22.2 Å². The second-order valence-corrected chi connectivity index (χ2v) is 6.45. The molecule has 0 saturated carbocycles. The van der Waals surface area contributed by atoms with Crippen LogP contribution in [-0.2, 0) is 5.72 Å². The molecule has 0 fully saturated rings. The highest BCUT2D eigenvalue weighted by molar-refractivity contribution is 6.19. The fourth-order valence-corrected chi connectivity index (χ4v) is 3.11. The van der Waals surface area contributed by atoms with Crippen molar-refractivity contribution in [1.82, 2.24) is 5.01 Å². The Kier molecular flexibility index (Phi) is 2.57. The number of hydrogen-bond donors (Lipinski definition) is 2. The molecule has 2 aliphatic rings. The van der Waals surface area contributed by atoms with E-state index < -0.39 is 23.1 Å². The average Bonchev–Trinajstić information content (AvgIpc) is 2.82. The van der Waals surface area contributed by atoms with Gasteiger partial charge < -0.3 is 10.8 Å². The second kappa shape index (κ2) is 3.92. The minimum Gasteiger partial charge on any atom is -0.364 e. The number of ketones is 1. The van der Waals surface area contributed by atoms with Crippen molar-refractivity contribution in [2.75, 3.05) is 0 Å². The van der Waals surface area contributed by atoms with E-state index >= 15 is 0 Å². The van der Waals surface area contributed by atoms with Crippen LogP contribution in [0.25, 0.3) is 0 Å². The standard InChI is InChI=1S/C15H17N3O3/c1-14(2,3)12-10-11(19)8-6-4-5-7-9(8)15(10,21)18(17-12)13(16)20/h4-7,10,21H,1-3H3,(H2,16,20). The number of fused-ring (bicyclic) bond motifs is 3. The van der Waals surface area contributed by atoms with Gasteiger partial charge in [0.25, 0.3) is 0 Å². The molecule has 1 aromatic carbocycles. The molecule has 21 heavy (non-hydrogen) atoms. The van der Waals surface area contributed by atoms with Gasteiger partial charge in [-0.15, -0.1) is 0 Å². The van der Waals surface area contributed by atoms with E-state index in [2.05, 4.69) is 5.10 Å². The molecule has 0 bridgehead atoms. The van der Waals surface area contributed by atoms with Crippen LogP contribution < -0.4 is 5.73 Å². The molecule has 0 spiro atoms. The van der Waals surface area contributed by atoms with Crippen molar-refractivity contribution in [2.45, 2.75) is 26.5 Å². The summed E-state index contributed by atoms with van der Waals surface area (Å²) in [5.41, 5.74) is 4.32. The molecule has 0 radical (unpaired) electrons. The van der Waals surface area contributed by atoms with Crippen LogP contribution in [0.4, 0.5) is 4.79 Å². The molecule has 6 nitrogen and oxygen atoms in total. The molecule has 6 heteroatoms. The first-order chi connectivity index (χ1) is 9.69. The highest BCUT2D eigenvalue weighted by atomic mass is 16.3. The van der Waals surface area contributed by atoms with Crippen LogP contribution in [0.5, 0.6) is 0 Å². The Labute approximate surface area is 122 Å². The zero-order valence-corrected chi connectivity index (χ0v) is 12.1. The molecule has 3 N–H and O–H groups in total. The van der Waals surface area contributed by atoms with Crippen LogP contribution in [0.3, 0.4) is 0 Å². The largest absolute Gasteiger partial charge is 0.364 e. The van der Waals surface area contributed by atoms with Gasteiger partial charge in [-0.2, -0.15) is 10.1 Å². The number of amides is 2. The summed E-state index contributed by atoms with van der Waals surface area (Å²) in [6.07, 6.45) is 0. The lowest BCUT2D eigenvalue weighted by Crippen LogP contribution is -2.49. The molecule has 1 aromatic rings. The van der Waals surface area contributed by atoms with E-state index in [-0.39, 0.29) is 5.78 Å². The van der Waals surface area contributed by atoms with Gasteiger partial charge in [-0.25, -0.2) is 4.79 Å². The van der Waals surface area contributed by atoms with E-state index in [1.54, 1.807) is 24.3 Å². The number of benzene rings is 1. The SMILES string of the molecule is CC(C)(C)C1=NN(C(N)=O)C2(O)c3ccccc3C(=O)C12. The number of aliphatic hydroxyl groups is 1. The third kappa shape index (κ3) is 1.59. The number of carbonyl (C=O) groups excluding carboxylic acids is 2. The number of carbonyl (C=O) groups is 2. The van der Waals surface area contributed by atoms with E-state index in [1.165, 1.54) is 0 Å². The Balaban J connectivity index is 2.27. The second-order valence-electron chi connectivity index (χ2n) is 6.45. The number of nitrogens with zero attached hydrogens (tertiary/aromatic N) is 2. The molecule has 2 amide bonds. The number of primary amides is 1. The predicted octanol–water partition coefficient (Wildman–Crippen LogP) is 1.44. The van der Waals surface area contributed by atoms with Gasteiger partial charge in [0, 0.05) is 16.5 Å². The number of hydrogen-bond acceptors (Lipinski definition) is 4. The topological polar surface area (TPSA) is 96.0 Å². The molecule has 1 heterocycles. The van der Waals surface area contributed by atoms with Crippen molar-refractivity contribution < 1.29 is 14.7 Å². The minimum atomic E-state index is -1.82. The monoisotopic (exact) mass is 287 g/mol. The molecular weight excluding hydrogens is 270 g/mol. The van der Waals surface area contributed by atoms with Crippen LogP contribution in [0.1, 0.15) is 36.7 Å². The maximum Gasteiger partial charge on any atom is 0.338 e. The van der Waals surface area contributed by atoms with Gasteiger partial charge >= 0.3 is 6.03 Å². The lowest BCUT2D eigenvalue weighted by molar-refractivity contribution is -0.0838. The number of urea groups is 1. The quantitative estimate of drug-likeness (QED) is 0.755. The summed E-state index contributed by atoms with van der Waals surface area (Å²) in [6, 6.07) is 5.83. The van der Waals surface area contributed by atoms with Crippen molar-refractivity contribution in [3.05, 3.63) is 35.4 Å². The Bertz CT molecular complexity index is 690. The molecule has 110 valence electrons. The molecule has 0 saturated heterocycles. The summed E-state index contributed by atoms with van der Waals surface area (Å²) >= 11 is 0. The van der Waals surface area contributed by atoms with Gasteiger partial charge in [0.2, 0.25) is 5.72 Å². The Hall–Kier alpha value is -2.21. The Morgan fingerprint density at radius 3 is 2.57 bits per heavy atom. The first kappa shape index (κ1) is 13.8. The number of Topliss-reactive ketones (excluding diaryl/α,β-unsaturated/α-hetero) is 1. The summed E-state index contributed by atoms with van der Waals surface area (Å²) in [6.45, 7) is 5.65. The summed E-state index contributed by atoms with van der Waals surface area (Å²) < 4.78 is 0. The molecule has 1 aliphatic carbocycles. The smallest absolute Gasteiger partial charge is 0.338 e. The van der Waals surface area contributed by atoms with Crippen molar-refractivity contribution in [3.63, 3.8) is 0 Å². The molecule has 2 unspecified atom stereocenters. The molecule has 2 atom stereocenters.